The summed E-state index contributed by atoms with van der Waals surface area (Å²) in [5.41, 5.74) is 1.33. The van der Waals surface area contributed by atoms with E-state index in [-0.39, 0.29) is 6.61 Å². The molecule has 0 heterocycles. The molecule has 2 unspecified atom stereocenters. The third-order valence-corrected chi connectivity index (χ3v) is 2.73. The Morgan fingerprint density at radius 3 is 2.88 bits per heavy atom. The van der Waals surface area contributed by atoms with Crippen LogP contribution < -0.4 is 0 Å². The van der Waals surface area contributed by atoms with Gasteiger partial charge in [0, 0.05) is 5.92 Å². The Bertz CT molecular complexity index is 442. The highest BCUT2D eigenvalue weighted by molar-refractivity contribution is 5.59. The van der Waals surface area contributed by atoms with E-state index >= 15 is 0 Å². The summed E-state index contributed by atoms with van der Waals surface area (Å²) in [6.07, 6.45) is 0.407. The summed E-state index contributed by atoms with van der Waals surface area (Å²) < 4.78 is 9.01. The lowest BCUT2D eigenvalue weighted by atomic mass is 10.1. The monoisotopic (exact) mass is 230 g/mol. The Morgan fingerprint density at radius 1 is 1.41 bits per heavy atom. The van der Waals surface area contributed by atoms with E-state index in [1.165, 1.54) is 12.7 Å². The van der Waals surface area contributed by atoms with Gasteiger partial charge in [0.1, 0.15) is 0 Å². The summed E-state index contributed by atoms with van der Waals surface area (Å²) in [4.78, 5) is 10.6. The van der Waals surface area contributed by atoms with Gasteiger partial charge in [-0.3, -0.25) is 0 Å². The minimum atomic E-state index is -0.685. The van der Waals surface area contributed by atoms with Gasteiger partial charge < -0.3 is 9.47 Å². The largest absolute Gasteiger partial charge is 0.508 e. The summed E-state index contributed by atoms with van der Waals surface area (Å²) >= 11 is 0. The maximum atomic E-state index is 10.6. The first-order chi connectivity index (χ1) is 8.31. The minimum absolute atomic E-state index is 0.102. The van der Waals surface area contributed by atoms with Crippen molar-refractivity contribution in [2.45, 2.75) is 12.3 Å². The average molecular weight is 230 g/mol. The standard InChI is InChI=1S/C14H14O3/c1-16-14(15)17-9-5-8-12-10-13(12)11-6-3-2-4-7-11/h2-4,6-7,12-13H,9-10H2,1H3. The molecule has 2 rings (SSSR count). The lowest BCUT2D eigenvalue weighted by Gasteiger charge is -1.96. The second kappa shape index (κ2) is 5.40. The molecule has 0 N–H and O–H groups in total. The summed E-state index contributed by atoms with van der Waals surface area (Å²) in [5.74, 6) is 6.89. The van der Waals surface area contributed by atoms with E-state index in [1.807, 2.05) is 18.2 Å². The molecule has 3 heteroatoms. The molecule has 88 valence electrons. The number of carbonyl (C=O) groups is 1. The fraction of sp³-hybridized carbons (Fsp3) is 0.357. The Balaban J connectivity index is 1.77. The summed E-state index contributed by atoms with van der Waals surface area (Å²) in [5, 5.41) is 0. The maximum Gasteiger partial charge on any atom is 0.508 e. The minimum Gasteiger partial charge on any atom is -0.438 e. The zero-order valence-electron chi connectivity index (χ0n) is 9.68. The van der Waals surface area contributed by atoms with Crippen molar-refractivity contribution in [3.05, 3.63) is 35.9 Å². The van der Waals surface area contributed by atoms with Crippen LogP contribution in [0.3, 0.4) is 0 Å². The van der Waals surface area contributed by atoms with Crippen molar-refractivity contribution in [2.75, 3.05) is 13.7 Å². The second-order valence-electron chi connectivity index (χ2n) is 3.92. The van der Waals surface area contributed by atoms with Crippen LogP contribution in [0.4, 0.5) is 4.79 Å². The molecule has 1 fully saturated rings. The van der Waals surface area contributed by atoms with E-state index in [2.05, 4.69) is 33.4 Å². The van der Waals surface area contributed by atoms with Gasteiger partial charge in [-0.2, -0.15) is 0 Å². The van der Waals surface area contributed by atoms with Gasteiger partial charge in [-0.25, -0.2) is 4.79 Å². The van der Waals surface area contributed by atoms with Gasteiger partial charge in [0.25, 0.3) is 0 Å². The van der Waals surface area contributed by atoms with Crippen LogP contribution in [-0.4, -0.2) is 19.9 Å². The third kappa shape index (κ3) is 3.25. The molecule has 0 aliphatic heterocycles. The fourth-order valence-electron chi connectivity index (χ4n) is 1.75. The summed E-state index contributed by atoms with van der Waals surface area (Å²) in [6, 6.07) is 10.3. The van der Waals surface area contributed by atoms with Crippen molar-refractivity contribution in [2.24, 2.45) is 5.92 Å². The second-order valence-corrected chi connectivity index (χ2v) is 3.92. The predicted molar refractivity (Wildman–Crippen MR) is 63.4 cm³/mol. The van der Waals surface area contributed by atoms with Crippen LogP contribution >= 0.6 is 0 Å². The number of methoxy groups -OCH3 is 1. The van der Waals surface area contributed by atoms with Crippen LogP contribution in [0.25, 0.3) is 0 Å². The number of hydrogen-bond donors (Lipinski definition) is 0. The number of ether oxygens (including phenoxy) is 2. The molecule has 0 saturated heterocycles. The first-order valence-electron chi connectivity index (χ1n) is 5.55. The van der Waals surface area contributed by atoms with Gasteiger partial charge in [0.05, 0.1) is 7.11 Å². The van der Waals surface area contributed by atoms with Gasteiger partial charge in [-0.15, -0.1) is 0 Å². The smallest absolute Gasteiger partial charge is 0.438 e. The third-order valence-electron chi connectivity index (χ3n) is 2.73. The van der Waals surface area contributed by atoms with Gasteiger partial charge in [-0.1, -0.05) is 42.2 Å². The van der Waals surface area contributed by atoms with Crippen molar-refractivity contribution >= 4 is 6.16 Å². The normalized spacial score (nSPS) is 21.0. The molecular formula is C14H14O3. The highest BCUT2D eigenvalue weighted by Gasteiger charge is 2.36. The molecule has 3 nitrogen and oxygen atoms in total. The molecule has 0 bridgehead atoms. The van der Waals surface area contributed by atoms with Gasteiger partial charge in [0.15, 0.2) is 6.61 Å². The summed E-state index contributed by atoms with van der Waals surface area (Å²) in [7, 11) is 1.28. The summed E-state index contributed by atoms with van der Waals surface area (Å²) in [6.45, 7) is 0.102. The predicted octanol–water partition coefficient (Wildman–Crippen LogP) is 2.58. The lowest BCUT2D eigenvalue weighted by molar-refractivity contribution is 0.0832. The van der Waals surface area contributed by atoms with Crippen molar-refractivity contribution in [1.82, 2.24) is 0 Å². The molecule has 0 radical (unpaired) electrons. The zero-order valence-corrected chi connectivity index (χ0v) is 9.68. The highest BCUT2D eigenvalue weighted by atomic mass is 16.7. The Morgan fingerprint density at radius 2 is 2.18 bits per heavy atom. The fourth-order valence-corrected chi connectivity index (χ4v) is 1.75. The van der Waals surface area contributed by atoms with E-state index in [0.717, 1.165) is 6.42 Å². The van der Waals surface area contributed by atoms with Crippen LogP contribution in [0.2, 0.25) is 0 Å². The van der Waals surface area contributed by atoms with E-state index in [9.17, 15) is 4.79 Å². The Labute approximate surface area is 101 Å². The number of carbonyl (C=O) groups excluding carboxylic acids is 1. The van der Waals surface area contributed by atoms with Gasteiger partial charge in [-0.05, 0) is 17.9 Å². The molecule has 17 heavy (non-hydrogen) atoms. The number of rotatable bonds is 2. The quantitative estimate of drug-likeness (QED) is 0.578. The molecule has 1 saturated carbocycles. The molecule has 1 aliphatic rings. The molecule has 1 aromatic rings. The molecule has 1 aromatic carbocycles. The van der Waals surface area contributed by atoms with E-state index < -0.39 is 6.16 Å². The molecule has 1 aliphatic carbocycles. The van der Waals surface area contributed by atoms with Gasteiger partial charge >= 0.3 is 6.16 Å². The first-order valence-corrected chi connectivity index (χ1v) is 5.55. The van der Waals surface area contributed by atoms with Crippen molar-refractivity contribution in [3.8, 4) is 11.8 Å². The zero-order chi connectivity index (χ0) is 12.1. The van der Waals surface area contributed by atoms with Crippen molar-refractivity contribution < 1.29 is 14.3 Å². The topological polar surface area (TPSA) is 35.5 Å². The van der Waals surface area contributed by atoms with Crippen LogP contribution in [0.1, 0.15) is 17.9 Å². The van der Waals surface area contributed by atoms with E-state index in [4.69, 9.17) is 0 Å². The Hall–Kier alpha value is -1.95. The van der Waals surface area contributed by atoms with Crippen LogP contribution in [0.5, 0.6) is 0 Å². The number of benzene rings is 1. The highest BCUT2D eigenvalue weighted by Crippen LogP contribution is 2.46. The molecule has 0 aromatic heterocycles. The molecule has 0 amide bonds. The molecule has 2 atom stereocenters. The van der Waals surface area contributed by atoms with E-state index in [1.54, 1.807) is 0 Å². The first kappa shape index (κ1) is 11.5. The molecule has 0 spiro atoms. The van der Waals surface area contributed by atoms with Crippen LogP contribution in [0, 0.1) is 17.8 Å². The lowest BCUT2D eigenvalue weighted by Crippen LogP contribution is -2.03. The van der Waals surface area contributed by atoms with Crippen molar-refractivity contribution in [3.63, 3.8) is 0 Å². The molecular weight excluding hydrogens is 216 g/mol. The SMILES string of the molecule is COC(=O)OCC#CC1CC1c1ccccc1. The average Bonchev–Trinajstić information content (AvgIpc) is 3.15. The van der Waals surface area contributed by atoms with Crippen molar-refractivity contribution in [1.29, 1.82) is 0 Å². The van der Waals surface area contributed by atoms with Crippen LogP contribution in [0.15, 0.2) is 30.3 Å². The van der Waals surface area contributed by atoms with Crippen LogP contribution in [-0.2, 0) is 9.47 Å². The maximum absolute atomic E-state index is 10.6. The van der Waals surface area contributed by atoms with E-state index in [0.29, 0.717) is 11.8 Å². The Kier molecular flexibility index (Phi) is 3.66. The number of hydrogen-bond acceptors (Lipinski definition) is 3. The van der Waals surface area contributed by atoms with Gasteiger partial charge in [0.2, 0.25) is 0 Å².